The lowest BCUT2D eigenvalue weighted by Crippen LogP contribution is -1.99. The summed E-state index contributed by atoms with van der Waals surface area (Å²) >= 11 is 5.40. The highest BCUT2D eigenvalue weighted by Gasteiger charge is 2.07. The fourth-order valence-electron chi connectivity index (χ4n) is 2.53. The second-order valence-corrected chi connectivity index (χ2v) is 5.76. The van der Waals surface area contributed by atoms with Crippen LogP contribution in [0.15, 0.2) is 48.8 Å². The first-order valence-electron chi connectivity index (χ1n) is 7.60. The second-order valence-electron chi connectivity index (χ2n) is 5.37. The van der Waals surface area contributed by atoms with E-state index in [0.29, 0.717) is 4.64 Å². The molecular formula is C17H18N4OS. The van der Waals surface area contributed by atoms with Gasteiger partial charge in [-0.1, -0.05) is 35.6 Å². The number of pyridine rings is 1. The molecule has 0 aliphatic heterocycles. The van der Waals surface area contributed by atoms with Crippen LogP contribution in [0.4, 0.5) is 0 Å². The van der Waals surface area contributed by atoms with E-state index < -0.39 is 0 Å². The number of hydrogen-bond donors (Lipinski definition) is 2. The highest BCUT2D eigenvalue weighted by molar-refractivity contribution is 7.71. The van der Waals surface area contributed by atoms with E-state index in [9.17, 15) is 5.11 Å². The third-order valence-electron chi connectivity index (χ3n) is 3.78. The van der Waals surface area contributed by atoms with E-state index in [2.05, 4.69) is 15.4 Å². The number of rotatable bonds is 6. The van der Waals surface area contributed by atoms with E-state index in [0.717, 1.165) is 42.6 Å². The molecule has 0 atom stereocenters. The first-order valence-corrected chi connectivity index (χ1v) is 8.01. The minimum Gasteiger partial charge on any atom is -0.505 e. The molecule has 5 nitrogen and oxygen atoms in total. The van der Waals surface area contributed by atoms with Crippen LogP contribution < -0.4 is 0 Å². The number of nitrogens with zero attached hydrogens (tertiary/aromatic N) is 3. The second kappa shape index (κ2) is 7.19. The summed E-state index contributed by atoms with van der Waals surface area (Å²) in [7, 11) is 0. The number of aromatic hydroxyl groups is 1. The maximum atomic E-state index is 10.4. The number of aromatic nitrogens is 4. The molecule has 1 aromatic carbocycles. The van der Waals surface area contributed by atoms with Gasteiger partial charge in [0.1, 0.15) is 0 Å². The van der Waals surface area contributed by atoms with Crippen molar-refractivity contribution >= 4 is 12.2 Å². The summed E-state index contributed by atoms with van der Waals surface area (Å²) in [5.41, 5.74) is 2.81. The third-order valence-corrected chi connectivity index (χ3v) is 4.17. The lowest BCUT2D eigenvalue weighted by Gasteiger charge is -2.11. The van der Waals surface area contributed by atoms with Crippen LogP contribution in [0.2, 0.25) is 0 Å². The number of aryl methyl sites for hydroxylation is 2. The number of para-hydroxylation sites is 1. The van der Waals surface area contributed by atoms with Crippen LogP contribution in [0, 0.1) is 4.64 Å². The Morgan fingerprint density at radius 2 is 1.87 bits per heavy atom. The highest BCUT2D eigenvalue weighted by atomic mass is 32.1. The van der Waals surface area contributed by atoms with Crippen LogP contribution in [-0.2, 0) is 12.8 Å². The molecule has 0 spiro atoms. The maximum absolute atomic E-state index is 10.4. The van der Waals surface area contributed by atoms with Gasteiger partial charge in [-0.25, -0.2) is 0 Å². The average molecular weight is 326 g/mol. The maximum Gasteiger partial charge on any atom is 0.154 e. The zero-order valence-corrected chi connectivity index (χ0v) is 13.5. The van der Waals surface area contributed by atoms with E-state index in [-0.39, 0.29) is 5.75 Å². The van der Waals surface area contributed by atoms with Gasteiger partial charge >= 0.3 is 0 Å². The van der Waals surface area contributed by atoms with Crippen molar-refractivity contribution in [2.75, 3.05) is 0 Å². The molecule has 0 fully saturated rings. The summed E-state index contributed by atoms with van der Waals surface area (Å²) in [4.78, 5) is 0. The van der Waals surface area contributed by atoms with Gasteiger partial charge in [0.2, 0.25) is 0 Å². The van der Waals surface area contributed by atoms with E-state index in [1.54, 1.807) is 0 Å². The molecule has 0 aliphatic carbocycles. The number of nitrogens with one attached hydrogen (secondary N) is 1. The molecule has 23 heavy (non-hydrogen) atoms. The van der Waals surface area contributed by atoms with Gasteiger partial charge in [-0.2, -0.15) is 0 Å². The average Bonchev–Trinajstić information content (AvgIpc) is 3.09. The minimum absolute atomic E-state index is 0.202. The molecule has 0 saturated carbocycles. The molecule has 0 aliphatic rings. The molecule has 2 heterocycles. The molecule has 118 valence electrons. The molecule has 2 N–H and O–H groups in total. The van der Waals surface area contributed by atoms with Gasteiger partial charge in [-0.05, 0) is 49.4 Å². The van der Waals surface area contributed by atoms with Crippen molar-refractivity contribution in [1.82, 2.24) is 20.0 Å². The van der Waals surface area contributed by atoms with E-state index >= 15 is 0 Å². The first kappa shape index (κ1) is 15.4. The number of benzene rings is 1. The predicted octanol–water partition coefficient (Wildman–Crippen LogP) is 3.60. The van der Waals surface area contributed by atoms with Crippen molar-refractivity contribution in [2.24, 2.45) is 0 Å². The molecule has 3 aromatic rings. The minimum atomic E-state index is 0.202. The van der Waals surface area contributed by atoms with Gasteiger partial charge < -0.3 is 9.67 Å². The zero-order chi connectivity index (χ0) is 16.1. The van der Waals surface area contributed by atoms with Gasteiger partial charge in [-0.3, -0.25) is 5.10 Å². The van der Waals surface area contributed by atoms with Crippen molar-refractivity contribution in [2.45, 2.75) is 25.7 Å². The van der Waals surface area contributed by atoms with Gasteiger partial charge in [-0.15, -0.1) is 5.10 Å². The summed E-state index contributed by atoms with van der Waals surface area (Å²) in [6, 6.07) is 11.7. The number of aromatic amines is 1. The summed E-state index contributed by atoms with van der Waals surface area (Å²) in [5, 5.41) is 20.7. The lowest BCUT2D eigenvalue weighted by molar-refractivity contribution is 0.459. The van der Waals surface area contributed by atoms with E-state index in [1.165, 1.54) is 0 Å². The van der Waals surface area contributed by atoms with Crippen molar-refractivity contribution < 1.29 is 5.11 Å². The van der Waals surface area contributed by atoms with Gasteiger partial charge in [0, 0.05) is 18.1 Å². The van der Waals surface area contributed by atoms with Gasteiger partial charge in [0.25, 0.3) is 0 Å². The summed E-state index contributed by atoms with van der Waals surface area (Å²) in [6.45, 7) is 0. The Labute approximate surface area is 139 Å². The Bertz CT molecular complexity index is 812. The third kappa shape index (κ3) is 3.65. The lowest BCUT2D eigenvalue weighted by atomic mass is 10.1. The van der Waals surface area contributed by atoms with Crippen LogP contribution in [0.5, 0.6) is 5.75 Å². The molecule has 0 unspecified atom stereocenters. The number of unbranched alkanes of at least 4 members (excludes halogenated alkanes) is 1. The molecule has 6 heteroatoms. The summed E-state index contributed by atoms with van der Waals surface area (Å²) in [5.74, 6) is 0.202. The monoisotopic (exact) mass is 326 g/mol. The van der Waals surface area contributed by atoms with Crippen molar-refractivity contribution in [3.63, 3.8) is 0 Å². The normalized spacial score (nSPS) is 10.8. The van der Waals surface area contributed by atoms with Crippen LogP contribution >= 0.6 is 12.2 Å². The van der Waals surface area contributed by atoms with Crippen molar-refractivity contribution in [3.05, 3.63) is 64.7 Å². The Morgan fingerprint density at radius 1 is 1.09 bits per heavy atom. The Balaban J connectivity index is 1.67. The smallest absolute Gasteiger partial charge is 0.154 e. The number of H-pyrrole nitrogens is 1. The van der Waals surface area contributed by atoms with Crippen LogP contribution in [-0.4, -0.2) is 25.1 Å². The molecule has 0 radical (unpaired) electrons. The quantitative estimate of drug-likeness (QED) is 0.536. The topological polar surface area (TPSA) is 66.7 Å². The summed E-state index contributed by atoms with van der Waals surface area (Å²) in [6.07, 6.45) is 7.36. The highest BCUT2D eigenvalue weighted by Crippen LogP contribution is 2.23. The number of hydrogen-bond acceptors (Lipinski definition) is 4. The fraction of sp³-hybridized carbons (Fsp3) is 0.235. The predicted molar refractivity (Wildman–Crippen MR) is 91.3 cm³/mol. The van der Waals surface area contributed by atoms with Crippen LogP contribution in [0.25, 0.3) is 5.69 Å². The van der Waals surface area contributed by atoms with Crippen molar-refractivity contribution in [1.29, 1.82) is 0 Å². The Morgan fingerprint density at radius 3 is 2.61 bits per heavy atom. The van der Waals surface area contributed by atoms with Crippen LogP contribution in [0.3, 0.4) is 0 Å². The zero-order valence-electron chi connectivity index (χ0n) is 12.6. The molecular weight excluding hydrogens is 308 g/mol. The van der Waals surface area contributed by atoms with E-state index in [1.807, 2.05) is 53.4 Å². The molecule has 0 amide bonds. The van der Waals surface area contributed by atoms with E-state index in [4.69, 9.17) is 12.2 Å². The van der Waals surface area contributed by atoms with Crippen molar-refractivity contribution in [3.8, 4) is 11.4 Å². The fourth-order valence-corrected chi connectivity index (χ4v) is 2.82. The summed E-state index contributed by atoms with van der Waals surface area (Å²) < 4.78 is 2.27. The van der Waals surface area contributed by atoms with Gasteiger partial charge in [0.15, 0.2) is 10.4 Å². The first-order chi connectivity index (χ1) is 11.3. The Kier molecular flexibility index (Phi) is 4.83. The Hall–Kier alpha value is -2.47. The van der Waals surface area contributed by atoms with Crippen LogP contribution in [0.1, 0.15) is 24.1 Å². The molecule has 2 aromatic heterocycles. The standard InChI is InChI=1S/C17H18N4OS/c22-16-13(6-4-5-7-14-12-18-20-19-14)10-11-21(17(16)23)15-8-2-1-3-9-15/h1-3,8-12,22H,4-7H2,(H,18,19,20). The largest absolute Gasteiger partial charge is 0.505 e. The molecule has 0 bridgehead atoms. The molecule has 3 rings (SSSR count). The van der Waals surface area contributed by atoms with Gasteiger partial charge in [0.05, 0.1) is 5.69 Å². The SMILES string of the molecule is Oc1c(CCCCc2c[nH]nn2)ccn(-c2ccccc2)c1=S. The molecule has 0 saturated heterocycles.